The molecule has 1 aromatic heterocycles. The van der Waals surface area contributed by atoms with Gasteiger partial charge in [-0.1, -0.05) is 19.8 Å². The van der Waals surface area contributed by atoms with Crippen LogP contribution in [0.3, 0.4) is 0 Å². The van der Waals surface area contributed by atoms with Gasteiger partial charge in [0, 0.05) is 16.8 Å². The first kappa shape index (κ1) is 14.5. The van der Waals surface area contributed by atoms with E-state index in [4.69, 9.17) is 4.98 Å². The van der Waals surface area contributed by atoms with Crippen LogP contribution in [0, 0.1) is 5.92 Å². The molecule has 0 amide bonds. The van der Waals surface area contributed by atoms with E-state index < -0.39 is 0 Å². The van der Waals surface area contributed by atoms with Gasteiger partial charge in [-0.3, -0.25) is 0 Å². The molecule has 0 bridgehead atoms. The summed E-state index contributed by atoms with van der Waals surface area (Å²) in [5.41, 5.74) is 1.41. The number of nitrogens with zero attached hydrogens (tertiary/aromatic N) is 1. The molecule has 2 aliphatic carbocycles. The lowest BCUT2D eigenvalue weighted by atomic mass is 9.80. The molecule has 2 aliphatic rings. The summed E-state index contributed by atoms with van der Waals surface area (Å²) < 4.78 is 0. The van der Waals surface area contributed by atoms with E-state index in [1.807, 2.05) is 11.3 Å². The van der Waals surface area contributed by atoms with Crippen LogP contribution in [0.1, 0.15) is 85.8 Å². The van der Waals surface area contributed by atoms with E-state index in [2.05, 4.69) is 19.3 Å². The molecule has 3 rings (SSSR count). The zero-order valence-corrected chi connectivity index (χ0v) is 13.8. The van der Waals surface area contributed by atoms with Gasteiger partial charge in [0.1, 0.15) is 0 Å². The van der Waals surface area contributed by atoms with Crippen molar-refractivity contribution in [2.75, 3.05) is 7.05 Å². The Kier molecular flexibility index (Phi) is 4.77. The highest BCUT2D eigenvalue weighted by Crippen LogP contribution is 2.42. The molecule has 1 N–H and O–H groups in total. The number of hydrogen-bond acceptors (Lipinski definition) is 3. The van der Waals surface area contributed by atoms with Gasteiger partial charge in [0.25, 0.3) is 0 Å². The molecule has 1 unspecified atom stereocenters. The monoisotopic (exact) mass is 292 g/mol. The van der Waals surface area contributed by atoms with E-state index >= 15 is 0 Å². The quantitative estimate of drug-likeness (QED) is 0.861. The molecular formula is C17H28N2S. The maximum Gasteiger partial charge on any atom is 0.0962 e. The van der Waals surface area contributed by atoms with Crippen molar-refractivity contribution in [2.45, 2.75) is 76.7 Å². The van der Waals surface area contributed by atoms with Gasteiger partial charge in [-0.05, 0) is 57.9 Å². The fraction of sp³-hybridized carbons (Fsp3) is 0.824. The van der Waals surface area contributed by atoms with Crippen LogP contribution in [-0.2, 0) is 6.42 Å². The molecule has 2 nitrogen and oxygen atoms in total. The zero-order chi connectivity index (χ0) is 13.9. The Labute approximate surface area is 127 Å². The summed E-state index contributed by atoms with van der Waals surface area (Å²) in [5.74, 6) is 1.76. The van der Waals surface area contributed by atoms with Gasteiger partial charge in [0.05, 0.1) is 10.7 Å². The molecular weight excluding hydrogens is 264 g/mol. The summed E-state index contributed by atoms with van der Waals surface area (Å²) in [5, 5.41) is 4.92. The Balaban J connectivity index is 1.68. The summed E-state index contributed by atoms with van der Waals surface area (Å²) in [6, 6.07) is 0.571. The van der Waals surface area contributed by atoms with E-state index in [0.29, 0.717) is 6.04 Å². The van der Waals surface area contributed by atoms with Crippen LogP contribution in [-0.4, -0.2) is 12.0 Å². The molecule has 1 heterocycles. The number of nitrogens with one attached hydrogen (secondary N) is 1. The number of fused-ring (bicyclic) bond motifs is 1. The van der Waals surface area contributed by atoms with Crippen LogP contribution in [0.2, 0.25) is 0 Å². The minimum atomic E-state index is 0.571. The Morgan fingerprint density at radius 1 is 1.20 bits per heavy atom. The molecule has 0 radical (unpaired) electrons. The van der Waals surface area contributed by atoms with Crippen LogP contribution >= 0.6 is 11.3 Å². The van der Waals surface area contributed by atoms with Crippen LogP contribution in [0.25, 0.3) is 0 Å². The first-order valence-corrected chi connectivity index (χ1v) is 9.30. The zero-order valence-electron chi connectivity index (χ0n) is 13.0. The smallest absolute Gasteiger partial charge is 0.0962 e. The van der Waals surface area contributed by atoms with Gasteiger partial charge in [-0.15, -0.1) is 11.3 Å². The van der Waals surface area contributed by atoms with Crippen molar-refractivity contribution in [3.05, 3.63) is 15.6 Å². The van der Waals surface area contributed by atoms with Crippen molar-refractivity contribution >= 4 is 11.3 Å². The molecule has 0 spiro atoms. The molecule has 1 fully saturated rings. The van der Waals surface area contributed by atoms with Gasteiger partial charge in [0.15, 0.2) is 0 Å². The van der Waals surface area contributed by atoms with Crippen molar-refractivity contribution in [1.82, 2.24) is 10.3 Å². The minimum Gasteiger partial charge on any atom is -0.312 e. The summed E-state index contributed by atoms with van der Waals surface area (Å²) in [4.78, 5) is 6.57. The van der Waals surface area contributed by atoms with Crippen LogP contribution in [0.4, 0.5) is 0 Å². The van der Waals surface area contributed by atoms with E-state index in [-0.39, 0.29) is 0 Å². The Hall–Kier alpha value is -0.410. The summed E-state index contributed by atoms with van der Waals surface area (Å²) >= 11 is 2.02. The standard InChI is InChI=1S/C17H28N2S/c1-3-5-12-8-10-13(11-9-12)17-19-15-7-4-6-14(18-2)16(15)20-17/h12-14,18H,3-11H2,1-2H3. The van der Waals surface area contributed by atoms with Crippen LogP contribution in [0.15, 0.2) is 0 Å². The van der Waals surface area contributed by atoms with Gasteiger partial charge in [-0.2, -0.15) is 0 Å². The third kappa shape index (κ3) is 2.94. The number of aryl methyl sites for hydroxylation is 1. The average Bonchev–Trinajstić information content (AvgIpc) is 2.92. The Morgan fingerprint density at radius 3 is 2.70 bits per heavy atom. The first-order valence-electron chi connectivity index (χ1n) is 8.48. The van der Waals surface area contributed by atoms with E-state index in [1.54, 1.807) is 4.88 Å². The highest BCUT2D eigenvalue weighted by molar-refractivity contribution is 7.12. The van der Waals surface area contributed by atoms with Crippen molar-refractivity contribution in [2.24, 2.45) is 5.92 Å². The van der Waals surface area contributed by atoms with Crippen molar-refractivity contribution in [3.8, 4) is 0 Å². The third-order valence-electron chi connectivity index (χ3n) is 5.21. The van der Waals surface area contributed by atoms with Crippen molar-refractivity contribution < 1.29 is 0 Å². The van der Waals surface area contributed by atoms with Gasteiger partial charge in [-0.25, -0.2) is 4.98 Å². The maximum atomic E-state index is 5.02. The van der Waals surface area contributed by atoms with E-state index in [0.717, 1.165) is 11.8 Å². The summed E-state index contributed by atoms with van der Waals surface area (Å²) in [7, 11) is 2.09. The highest BCUT2D eigenvalue weighted by atomic mass is 32.1. The predicted molar refractivity (Wildman–Crippen MR) is 86.5 cm³/mol. The Morgan fingerprint density at radius 2 is 2.00 bits per heavy atom. The maximum absolute atomic E-state index is 5.02. The van der Waals surface area contributed by atoms with Crippen molar-refractivity contribution in [1.29, 1.82) is 0 Å². The lowest BCUT2D eigenvalue weighted by Gasteiger charge is -2.27. The fourth-order valence-corrected chi connectivity index (χ4v) is 5.42. The van der Waals surface area contributed by atoms with E-state index in [9.17, 15) is 0 Å². The first-order chi connectivity index (χ1) is 9.81. The second-order valence-corrected chi connectivity index (χ2v) is 7.67. The van der Waals surface area contributed by atoms with Gasteiger partial charge >= 0.3 is 0 Å². The fourth-order valence-electron chi connectivity index (χ4n) is 3.99. The van der Waals surface area contributed by atoms with Gasteiger partial charge in [0.2, 0.25) is 0 Å². The average molecular weight is 292 g/mol. The topological polar surface area (TPSA) is 24.9 Å². The second kappa shape index (κ2) is 6.57. The molecule has 20 heavy (non-hydrogen) atoms. The second-order valence-electron chi connectivity index (χ2n) is 6.60. The summed E-state index contributed by atoms with van der Waals surface area (Å²) in [6.07, 6.45) is 12.2. The Bertz CT molecular complexity index is 432. The lowest BCUT2D eigenvalue weighted by Crippen LogP contribution is -2.19. The lowest BCUT2D eigenvalue weighted by molar-refractivity contribution is 0.308. The molecule has 0 aliphatic heterocycles. The van der Waals surface area contributed by atoms with Crippen LogP contribution < -0.4 is 5.32 Å². The number of thiazole rings is 1. The minimum absolute atomic E-state index is 0.571. The normalized spacial score (nSPS) is 30.2. The molecule has 0 aromatic carbocycles. The SMILES string of the molecule is CCCC1CCC(c2nc3c(s2)C(NC)CCC3)CC1. The molecule has 1 atom stereocenters. The molecule has 1 aromatic rings. The molecule has 1 saturated carbocycles. The highest BCUT2D eigenvalue weighted by Gasteiger charge is 2.28. The molecule has 112 valence electrons. The van der Waals surface area contributed by atoms with Gasteiger partial charge < -0.3 is 5.32 Å². The molecule has 0 saturated heterocycles. The largest absolute Gasteiger partial charge is 0.312 e. The number of rotatable bonds is 4. The molecule has 3 heteroatoms. The summed E-state index contributed by atoms with van der Waals surface area (Å²) in [6.45, 7) is 2.32. The third-order valence-corrected chi connectivity index (χ3v) is 6.58. The van der Waals surface area contributed by atoms with Crippen molar-refractivity contribution in [3.63, 3.8) is 0 Å². The van der Waals surface area contributed by atoms with Crippen LogP contribution in [0.5, 0.6) is 0 Å². The predicted octanol–water partition coefficient (Wildman–Crippen LogP) is 4.81. The number of aromatic nitrogens is 1. The number of hydrogen-bond donors (Lipinski definition) is 1. The van der Waals surface area contributed by atoms with E-state index in [1.165, 1.54) is 68.5 Å².